The molecule has 0 bridgehead atoms. The minimum Gasteiger partial charge on any atom is -0.367 e. The molecule has 0 spiro atoms. The average molecular weight is 302 g/mol. The van der Waals surface area contributed by atoms with Gasteiger partial charge in [0.1, 0.15) is 0 Å². The predicted molar refractivity (Wildman–Crippen MR) is 92.3 cm³/mol. The Morgan fingerprint density at radius 1 is 1.14 bits per heavy atom. The van der Waals surface area contributed by atoms with Crippen LogP contribution in [0.15, 0.2) is 23.3 Å². The summed E-state index contributed by atoms with van der Waals surface area (Å²) in [7, 11) is 0. The SMILES string of the molecule is CCCCC#CC1(O)C=C(C(C)(C)C)C=C(C(C)(C)C)C1=O. The lowest BCUT2D eigenvalue weighted by Crippen LogP contribution is -2.42. The molecule has 1 atom stereocenters. The van der Waals surface area contributed by atoms with Gasteiger partial charge in [-0.2, -0.15) is 0 Å². The van der Waals surface area contributed by atoms with Crippen molar-refractivity contribution in [3.05, 3.63) is 23.3 Å². The summed E-state index contributed by atoms with van der Waals surface area (Å²) in [6.07, 6.45) is 6.32. The predicted octanol–water partition coefficient (Wildman–Crippen LogP) is 4.44. The fraction of sp³-hybridized carbons (Fsp3) is 0.650. The van der Waals surface area contributed by atoms with Gasteiger partial charge in [0.2, 0.25) is 11.4 Å². The Labute approximate surface area is 135 Å². The molecule has 2 nitrogen and oxygen atoms in total. The van der Waals surface area contributed by atoms with Crippen LogP contribution in [0.3, 0.4) is 0 Å². The van der Waals surface area contributed by atoms with Gasteiger partial charge in [-0.1, -0.05) is 72.8 Å². The largest absolute Gasteiger partial charge is 0.367 e. The number of Topliss-reactive ketones (excluding diaryl/α,β-unsaturated/α-hetero) is 1. The first-order valence-electron chi connectivity index (χ1n) is 8.14. The molecule has 0 fully saturated rings. The third-order valence-electron chi connectivity index (χ3n) is 3.86. The average Bonchev–Trinajstić information content (AvgIpc) is 2.35. The molecule has 1 aliphatic rings. The number of hydrogen-bond acceptors (Lipinski definition) is 2. The minimum absolute atomic E-state index is 0.143. The highest BCUT2D eigenvalue weighted by Gasteiger charge is 2.42. The number of carbonyl (C=O) groups is 1. The van der Waals surface area contributed by atoms with E-state index in [1.165, 1.54) is 0 Å². The molecule has 0 aliphatic heterocycles. The first-order chi connectivity index (χ1) is 9.92. The Kier molecular flexibility index (Phi) is 5.47. The summed E-state index contributed by atoms with van der Waals surface area (Å²) in [5.74, 6) is 5.52. The van der Waals surface area contributed by atoms with E-state index in [1.54, 1.807) is 6.08 Å². The molecule has 1 aliphatic carbocycles. The molecule has 0 radical (unpaired) electrons. The van der Waals surface area contributed by atoms with Gasteiger partial charge in [-0.25, -0.2) is 0 Å². The van der Waals surface area contributed by atoms with E-state index >= 15 is 0 Å². The Morgan fingerprint density at radius 3 is 2.18 bits per heavy atom. The van der Waals surface area contributed by atoms with E-state index in [1.807, 2.05) is 26.8 Å². The van der Waals surface area contributed by atoms with E-state index in [4.69, 9.17) is 0 Å². The molecule has 122 valence electrons. The second-order valence-corrected chi connectivity index (χ2v) is 8.16. The van der Waals surface area contributed by atoms with Crippen molar-refractivity contribution in [2.75, 3.05) is 0 Å². The zero-order valence-electron chi connectivity index (χ0n) is 15.1. The highest BCUT2D eigenvalue weighted by molar-refractivity contribution is 6.08. The number of aliphatic hydroxyl groups is 1. The highest BCUT2D eigenvalue weighted by Crippen LogP contribution is 2.39. The van der Waals surface area contributed by atoms with Crippen LogP contribution in [0.5, 0.6) is 0 Å². The highest BCUT2D eigenvalue weighted by atomic mass is 16.3. The molecule has 0 saturated carbocycles. The van der Waals surface area contributed by atoms with E-state index in [-0.39, 0.29) is 16.6 Å². The van der Waals surface area contributed by atoms with Crippen LogP contribution in [0.25, 0.3) is 0 Å². The van der Waals surface area contributed by atoms with Gasteiger partial charge in [-0.05, 0) is 28.9 Å². The van der Waals surface area contributed by atoms with Crippen LogP contribution in [0.1, 0.15) is 67.7 Å². The second-order valence-electron chi connectivity index (χ2n) is 8.16. The number of ketones is 1. The smallest absolute Gasteiger partial charge is 0.208 e. The van der Waals surface area contributed by atoms with E-state index in [2.05, 4.69) is 39.5 Å². The maximum atomic E-state index is 12.8. The van der Waals surface area contributed by atoms with E-state index in [0.717, 1.165) is 18.4 Å². The topological polar surface area (TPSA) is 37.3 Å². The van der Waals surface area contributed by atoms with Crippen LogP contribution in [-0.4, -0.2) is 16.5 Å². The summed E-state index contributed by atoms with van der Waals surface area (Å²) >= 11 is 0. The van der Waals surface area contributed by atoms with Crippen LogP contribution in [0.2, 0.25) is 0 Å². The number of hydrogen-bond donors (Lipinski definition) is 1. The quantitative estimate of drug-likeness (QED) is 0.605. The van der Waals surface area contributed by atoms with Crippen LogP contribution >= 0.6 is 0 Å². The normalized spacial score (nSPS) is 22.6. The molecule has 1 unspecified atom stereocenters. The molecular formula is C20H30O2. The third-order valence-corrected chi connectivity index (χ3v) is 3.86. The maximum absolute atomic E-state index is 12.8. The summed E-state index contributed by atoms with van der Waals surface area (Å²) in [5, 5.41) is 10.9. The number of carbonyl (C=O) groups excluding carboxylic acids is 1. The van der Waals surface area contributed by atoms with Gasteiger partial charge in [0.05, 0.1) is 0 Å². The molecule has 0 amide bonds. The molecule has 0 saturated heterocycles. The number of unbranched alkanes of at least 4 members (excludes halogenated alkanes) is 2. The number of allylic oxidation sites excluding steroid dienone is 2. The van der Waals surface area contributed by atoms with Crippen molar-refractivity contribution >= 4 is 5.78 Å². The van der Waals surface area contributed by atoms with Gasteiger partial charge in [-0.3, -0.25) is 4.79 Å². The molecule has 22 heavy (non-hydrogen) atoms. The van der Waals surface area contributed by atoms with Crippen molar-refractivity contribution < 1.29 is 9.90 Å². The summed E-state index contributed by atoms with van der Waals surface area (Å²) in [6.45, 7) is 14.3. The monoisotopic (exact) mass is 302 g/mol. The van der Waals surface area contributed by atoms with Gasteiger partial charge in [0.25, 0.3) is 0 Å². The lowest BCUT2D eigenvalue weighted by Gasteiger charge is -2.34. The molecule has 2 heteroatoms. The van der Waals surface area contributed by atoms with Crippen molar-refractivity contribution in [1.82, 2.24) is 0 Å². The first-order valence-corrected chi connectivity index (χ1v) is 8.14. The molecule has 0 heterocycles. The summed E-state index contributed by atoms with van der Waals surface area (Å²) in [5.41, 5.74) is -0.540. The first kappa shape index (κ1) is 18.7. The van der Waals surface area contributed by atoms with Crippen molar-refractivity contribution in [2.24, 2.45) is 10.8 Å². The fourth-order valence-electron chi connectivity index (χ4n) is 2.30. The summed E-state index contributed by atoms with van der Waals surface area (Å²) in [6, 6.07) is 0. The summed E-state index contributed by atoms with van der Waals surface area (Å²) in [4.78, 5) is 12.8. The Hall–Kier alpha value is -1.33. The van der Waals surface area contributed by atoms with Crippen LogP contribution < -0.4 is 0 Å². The van der Waals surface area contributed by atoms with Crippen molar-refractivity contribution in [2.45, 2.75) is 73.3 Å². The van der Waals surface area contributed by atoms with Gasteiger partial charge in [-0.15, -0.1) is 0 Å². The van der Waals surface area contributed by atoms with E-state index < -0.39 is 5.60 Å². The molecular weight excluding hydrogens is 272 g/mol. The van der Waals surface area contributed by atoms with Crippen molar-refractivity contribution in [3.63, 3.8) is 0 Å². The molecule has 0 aromatic rings. The Bertz CT molecular complexity index is 553. The van der Waals surface area contributed by atoms with Crippen LogP contribution in [-0.2, 0) is 4.79 Å². The van der Waals surface area contributed by atoms with Gasteiger partial charge in [0, 0.05) is 12.0 Å². The van der Waals surface area contributed by atoms with Gasteiger partial charge >= 0.3 is 0 Å². The maximum Gasteiger partial charge on any atom is 0.208 e. The van der Waals surface area contributed by atoms with Crippen molar-refractivity contribution in [3.8, 4) is 11.8 Å². The molecule has 0 aromatic carbocycles. The van der Waals surface area contributed by atoms with Crippen LogP contribution in [0.4, 0.5) is 0 Å². The molecule has 0 aromatic heterocycles. The molecule has 1 rings (SSSR count). The van der Waals surface area contributed by atoms with Crippen LogP contribution in [0, 0.1) is 22.7 Å². The third kappa shape index (κ3) is 4.34. The van der Waals surface area contributed by atoms with Crippen molar-refractivity contribution in [1.29, 1.82) is 0 Å². The Morgan fingerprint density at radius 2 is 1.73 bits per heavy atom. The standard InChI is InChI=1S/C20H30O2/c1-8-9-10-11-12-20(22)14-15(18(2,3)4)13-16(17(20)21)19(5,6)7/h13-14,22H,8-10H2,1-7H3. The minimum atomic E-state index is -1.69. The Balaban J connectivity index is 3.34. The number of rotatable bonds is 2. The van der Waals surface area contributed by atoms with Gasteiger partial charge < -0.3 is 5.11 Å². The van der Waals surface area contributed by atoms with E-state index in [9.17, 15) is 9.90 Å². The molecule has 1 N–H and O–H groups in total. The van der Waals surface area contributed by atoms with Gasteiger partial charge in [0.15, 0.2) is 0 Å². The summed E-state index contributed by atoms with van der Waals surface area (Å²) < 4.78 is 0. The lowest BCUT2D eigenvalue weighted by molar-refractivity contribution is -0.126. The van der Waals surface area contributed by atoms with E-state index in [0.29, 0.717) is 12.0 Å². The fourth-order valence-corrected chi connectivity index (χ4v) is 2.30. The second kappa shape index (κ2) is 6.42. The zero-order chi connectivity index (χ0) is 17.2. The zero-order valence-corrected chi connectivity index (χ0v) is 15.1. The lowest BCUT2D eigenvalue weighted by atomic mass is 9.70.